The van der Waals surface area contributed by atoms with E-state index in [2.05, 4.69) is 5.32 Å². The number of halogens is 2. The van der Waals surface area contributed by atoms with Crippen LogP contribution in [0.2, 0.25) is 0 Å². The molecule has 2 amide bonds. The zero-order valence-corrected chi connectivity index (χ0v) is 11.4. The van der Waals surface area contributed by atoms with Crippen LogP contribution in [0.25, 0.3) is 0 Å². The van der Waals surface area contributed by atoms with Gasteiger partial charge in [0.1, 0.15) is 6.54 Å². The Balaban J connectivity index is 2.14. The number of anilines is 1. The molecule has 0 unspecified atom stereocenters. The van der Waals surface area contributed by atoms with Gasteiger partial charge in [0.2, 0.25) is 11.8 Å². The molecule has 1 aliphatic heterocycles. The van der Waals surface area contributed by atoms with Gasteiger partial charge in [-0.25, -0.2) is 13.6 Å². The van der Waals surface area contributed by atoms with Gasteiger partial charge < -0.3 is 15.3 Å². The van der Waals surface area contributed by atoms with E-state index in [0.717, 1.165) is 0 Å². The molecule has 0 atom stereocenters. The van der Waals surface area contributed by atoms with Gasteiger partial charge in [-0.2, -0.15) is 0 Å². The maximum Gasteiger partial charge on any atom is 0.337 e. The molecule has 1 saturated heterocycles. The van der Waals surface area contributed by atoms with Crippen molar-refractivity contribution in [2.75, 3.05) is 23.5 Å². The Kier molecular flexibility index (Phi) is 4.41. The topological polar surface area (TPSA) is 86.7 Å². The summed E-state index contributed by atoms with van der Waals surface area (Å²) in [6.07, 6.45) is 0. The summed E-state index contributed by atoms with van der Waals surface area (Å²) in [5, 5.41) is 11.1. The van der Waals surface area contributed by atoms with Gasteiger partial charge in [-0.1, -0.05) is 0 Å². The Labute approximate surface area is 122 Å². The fourth-order valence-corrected chi connectivity index (χ4v) is 2.63. The summed E-state index contributed by atoms with van der Waals surface area (Å²) in [7, 11) is 0. The van der Waals surface area contributed by atoms with Gasteiger partial charge in [-0.3, -0.25) is 9.59 Å². The second-order valence-corrected chi connectivity index (χ2v) is 5.19. The summed E-state index contributed by atoms with van der Waals surface area (Å²) >= 11 is 1.34. The maximum atomic E-state index is 13.2. The molecule has 0 aliphatic carbocycles. The van der Waals surface area contributed by atoms with Gasteiger partial charge in [0.25, 0.3) is 0 Å². The Hall–Kier alpha value is -2.16. The smallest absolute Gasteiger partial charge is 0.337 e. The molecule has 21 heavy (non-hydrogen) atoms. The summed E-state index contributed by atoms with van der Waals surface area (Å²) in [5.74, 6) is -4.36. The third kappa shape index (κ3) is 3.48. The van der Waals surface area contributed by atoms with Crippen molar-refractivity contribution in [3.8, 4) is 0 Å². The average molecular weight is 316 g/mol. The minimum Gasteiger partial charge on any atom is -0.478 e. The van der Waals surface area contributed by atoms with E-state index < -0.39 is 29.1 Å². The molecule has 112 valence electrons. The third-order valence-electron chi connectivity index (χ3n) is 2.72. The molecule has 0 bridgehead atoms. The number of carbonyl (C=O) groups excluding carboxylic acids is 2. The summed E-state index contributed by atoms with van der Waals surface area (Å²) in [6.45, 7) is -0.274. The number of rotatable bonds is 4. The van der Waals surface area contributed by atoms with Crippen LogP contribution in [-0.4, -0.2) is 46.0 Å². The van der Waals surface area contributed by atoms with Crippen LogP contribution in [0.1, 0.15) is 10.4 Å². The Morgan fingerprint density at radius 2 is 2.00 bits per heavy atom. The number of hydrogen-bond donors (Lipinski definition) is 2. The second-order valence-electron chi connectivity index (χ2n) is 4.23. The van der Waals surface area contributed by atoms with E-state index in [1.54, 1.807) is 0 Å². The summed E-state index contributed by atoms with van der Waals surface area (Å²) < 4.78 is 26.2. The Morgan fingerprint density at radius 1 is 1.33 bits per heavy atom. The monoisotopic (exact) mass is 316 g/mol. The first-order chi connectivity index (χ1) is 9.88. The van der Waals surface area contributed by atoms with Crippen molar-refractivity contribution < 1.29 is 28.3 Å². The van der Waals surface area contributed by atoms with E-state index in [9.17, 15) is 23.2 Å². The van der Waals surface area contributed by atoms with E-state index in [1.165, 1.54) is 16.7 Å². The number of aromatic carboxylic acids is 1. The number of carboxylic acid groups (broad SMARTS) is 1. The van der Waals surface area contributed by atoms with Crippen molar-refractivity contribution in [3.05, 3.63) is 29.3 Å². The lowest BCUT2D eigenvalue weighted by Crippen LogP contribution is -2.34. The lowest BCUT2D eigenvalue weighted by molar-refractivity contribution is -0.130. The Morgan fingerprint density at radius 3 is 2.57 bits per heavy atom. The maximum absolute atomic E-state index is 13.2. The minimum atomic E-state index is -1.50. The molecular formula is C12H10F2N2O4S. The molecular weight excluding hydrogens is 306 g/mol. The van der Waals surface area contributed by atoms with Gasteiger partial charge in [-0.05, 0) is 6.07 Å². The summed E-state index contributed by atoms with van der Waals surface area (Å²) in [5.41, 5.74) is -0.921. The van der Waals surface area contributed by atoms with Crippen LogP contribution in [0.15, 0.2) is 12.1 Å². The van der Waals surface area contributed by atoms with Crippen molar-refractivity contribution in [3.63, 3.8) is 0 Å². The van der Waals surface area contributed by atoms with Crippen LogP contribution in [-0.2, 0) is 9.59 Å². The fraction of sp³-hybridized carbons (Fsp3) is 0.250. The van der Waals surface area contributed by atoms with Crippen molar-refractivity contribution >= 4 is 35.2 Å². The van der Waals surface area contributed by atoms with Gasteiger partial charge in [-0.15, -0.1) is 11.8 Å². The lowest BCUT2D eigenvalue weighted by atomic mass is 10.1. The van der Waals surface area contributed by atoms with E-state index in [0.29, 0.717) is 18.0 Å². The van der Waals surface area contributed by atoms with Crippen LogP contribution >= 0.6 is 11.8 Å². The summed E-state index contributed by atoms with van der Waals surface area (Å²) in [4.78, 5) is 35.4. The Bertz CT molecular complexity index is 624. The van der Waals surface area contributed by atoms with Crippen molar-refractivity contribution in [1.82, 2.24) is 4.90 Å². The van der Waals surface area contributed by atoms with Gasteiger partial charge in [0.05, 0.1) is 22.9 Å². The third-order valence-corrected chi connectivity index (χ3v) is 3.67. The number of amides is 2. The highest BCUT2D eigenvalue weighted by molar-refractivity contribution is 8.00. The van der Waals surface area contributed by atoms with E-state index in [4.69, 9.17) is 5.11 Å². The first kappa shape index (κ1) is 15.2. The van der Waals surface area contributed by atoms with Crippen LogP contribution in [0, 0.1) is 11.6 Å². The molecule has 0 spiro atoms. The molecule has 0 radical (unpaired) electrons. The SMILES string of the molecule is O=C(CN1CSCC1=O)Nc1cc(F)c(F)cc1C(=O)O. The molecule has 1 aliphatic rings. The zero-order chi connectivity index (χ0) is 15.6. The number of carbonyl (C=O) groups is 3. The molecule has 6 nitrogen and oxygen atoms in total. The van der Waals surface area contributed by atoms with Crippen molar-refractivity contribution in [1.29, 1.82) is 0 Å². The predicted molar refractivity (Wildman–Crippen MR) is 71.0 cm³/mol. The molecule has 2 rings (SSSR count). The van der Waals surface area contributed by atoms with Crippen LogP contribution in [0.4, 0.5) is 14.5 Å². The number of thioether (sulfide) groups is 1. The van der Waals surface area contributed by atoms with Crippen LogP contribution in [0.3, 0.4) is 0 Å². The van der Waals surface area contributed by atoms with Crippen molar-refractivity contribution in [2.24, 2.45) is 0 Å². The highest BCUT2D eigenvalue weighted by Crippen LogP contribution is 2.21. The quantitative estimate of drug-likeness (QED) is 0.870. The highest BCUT2D eigenvalue weighted by atomic mass is 32.2. The first-order valence-electron chi connectivity index (χ1n) is 5.76. The van der Waals surface area contributed by atoms with Gasteiger partial charge in [0, 0.05) is 6.07 Å². The molecule has 1 aromatic rings. The van der Waals surface area contributed by atoms with Gasteiger partial charge >= 0.3 is 5.97 Å². The predicted octanol–water partition coefficient (Wildman–Crippen LogP) is 1.13. The minimum absolute atomic E-state index is 0.209. The average Bonchev–Trinajstić information content (AvgIpc) is 2.78. The molecule has 9 heteroatoms. The van der Waals surface area contributed by atoms with Crippen LogP contribution in [0.5, 0.6) is 0 Å². The highest BCUT2D eigenvalue weighted by Gasteiger charge is 2.24. The second kappa shape index (κ2) is 6.08. The number of carboxylic acids is 1. The molecule has 1 heterocycles. The van der Waals surface area contributed by atoms with Crippen LogP contribution < -0.4 is 5.32 Å². The summed E-state index contributed by atoms with van der Waals surface area (Å²) in [6, 6.07) is 1.08. The molecule has 1 fully saturated rings. The molecule has 1 aromatic carbocycles. The molecule has 0 saturated carbocycles. The van der Waals surface area contributed by atoms with Gasteiger partial charge in [0.15, 0.2) is 11.6 Å². The number of benzene rings is 1. The first-order valence-corrected chi connectivity index (χ1v) is 6.91. The fourth-order valence-electron chi connectivity index (χ4n) is 1.73. The number of hydrogen-bond acceptors (Lipinski definition) is 4. The molecule has 2 N–H and O–H groups in total. The normalized spacial score (nSPS) is 14.4. The zero-order valence-electron chi connectivity index (χ0n) is 10.6. The largest absolute Gasteiger partial charge is 0.478 e. The van der Waals surface area contributed by atoms with E-state index in [1.807, 2.05) is 0 Å². The number of nitrogens with zero attached hydrogens (tertiary/aromatic N) is 1. The van der Waals surface area contributed by atoms with E-state index in [-0.39, 0.29) is 23.9 Å². The lowest BCUT2D eigenvalue weighted by Gasteiger charge is -2.15. The van der Waals surface area contributed by atoms with Crippen molar-refractivity contribution in [2.45, 2.75) is 0 Å². The molecule has 0 aromatic heterocycles. The number of nitrogens with one attached hydrogen (secondary N) is 1. The standard InChI is InChI=1S/C12H10F2N2O4S/c13-7-1-6(12(19)20)9(2-8(7)14)15-10(17)3-16-5-21-4-11(16)18/h1-2H,3-5H2,(H,15,17)(H,19,20). The van der Waals surface area contributed by atoms with E-state index >= 15 is 0 Å².